The van der Waals surface area contributed by atoms with Gasteiger partial charge in [-0.15, -0.1) is 0 Å². The molecule has 2 nitrogen and oxygen atoms in total. The van der Waals surface area contributed by atoms with Crippen LogP contribution in [0.4, 0.5) is 0 Å². The minimum Gasteiger partial charge on any atom is -0.366 e. The summed E-state index contributed by atoms with van der Waals surface area (Å²) in [4.78, 5) is 0. The summed E-state index contributed by atoms with van der Waals surface area (Å²) < 4.78 is 6.66. The van der Waals surface area contributed by atoms with Crippen molar-refractivity contribution in [3.05, 3.63) is 108 Å². The number of hydrogen-bond donors (Lipinski definition) is 1. The topological polar surface area (TPSA) is 35.2 Å². The summed E-state index contributed by atoms with van der Waals surface area (Å²) in [5.74, 6) is 0.740. The predicted octanol–water partition coefficient (Wildman–Crippen LogP) is 6.10. The lowest BCUT2D eigenvalue weighted by Gasteiger charge is -2.43. The molecule has 30 heavy (non-hydrogen) atoms. The molecular formula is C28H33NO. The van der Waals surface area contributed by atoms with Gasteiger partial charge >= 0.3 is 0 Å². The van der Waals surface area contributed by atoms with Crippen LogP contribution in [-0.4, -0.2) is 12.1 Å². The highest BCUT2D eigenvalue weighted by molar-refractivity contribution is 5.38. The first kappa shape index (κ1) is 20.8. The lowest BCUT2D eigenvalue weighted by Crippen LogP contribution is -2.50. The molecule has 1 fully saturated rings. The summed E-state index contributed by atoms with van der Waals surface area (Å²) in [6, 6.07) is 31.9. The quantitative estimate of drug-likeness (QED) is 0.447. The Labute approximate surface area is 181 Å². The Bertz CT molecular complexity index is 866. The predicted molar refractivity (Wildman–Crippen MR) is 124 cm³/mol. The van der Waals surface area contributed by atoms with Gasteiger partial charge < -0.3 is 10.5 Å². The number of hydrogen-bond acceptors (Lipinski definition) is 2. The van der Waals surface area contributed by atoms with Gasteiger partial charge in [0, 0.05) is 18.6 Å². The van der Waals surface area contributed by atoms with Crippen molar-refractivity contribution < 1.29 is 4.74 Å². The van der Waals surface area contributed by atoms with Gasteiger partial charge in [-0.25, -0.2) is 0 Å². The molecule has 3 aromatic carbocycles. The van der Waals surface area contributed by atoms with Gasteiger partial charge in [0.15, 0.2) is 0 Å². The molecule has 0 aliphatic heterocycles. The van der Waals surface area contributed by atoms with E-state index >= 15 is 0 Å². The first-order chi connectivity index (χ1) is 14.6. The third-order valence-electron chi connectivity index (χ3n) is 6.26. The van der Waals surface area contributed by atoms with Crippen LogP contribution in [0.3, 0.4) is 0 Å². The van der Waals surface area contributed by atoms with Gasteiger partial charge in [0.2, 0.25) is 0 Å². The summed E-state index contributed by atoms with van der Waals surface area (Å²) in [5.41, 5.74) is 10.0. The zero-order chi connectivity index (χ0) is 20.9. The maximum absolute atomic E-state index is 7.28. The average Bonchev–Trinajstić information content (AvgIpc) is 3.59. The summed E-state index contributed by atoms with van der Waals surface area (Å²) >= 11 is 0. The van der Waals surface area contributed by atoms with Crippen LogP contribution in [0.2, 0.25) is 0 Å². The molecule has 1 atom stereocenters. The van der Waals surface area contributed by atoms with Crippen molar-refractivity contribution >= 4 is 0 Å². The SMILES string of the molecule is CCOC(CC(N)(Cc1ccccc1)CC1CC1)(c1ccccc1)c1ccccc1. The Morgan fingerprint density at radius 2 is 1.30 bits per heavy atom. The van der Waals surface area contributed by atoms with E-state index in [1.807, 2.05) is 0 Å². The highest BCUT2D eigenvalue weighted by atomic mass is 16.5. The Morgan fingerprint density at radius 1 is 0.800 bits per heavy atom. The van der Waals surface area contributed by atoms with Crippen LogP contribution in [0.1, 0.15) is 49.3 Å². The van der Waals surface area contributed by atoms with Crippen LogP contribution in [0, 0.1) is 5.92 Å². The summed E-state index contributed by atoms with van der Waals surface area (Å²) in [6.07, 6.45) is 5.25. The molecule has 1 saturated carbocycles. The highest BCUT2D eigenvalue weighted by Crippen LogP contribution is 2.45. The van der Waals surface area contributed by atoms with Gasteiger partial charge in [0.25, 0.3) is 0 Å². The van der Waals surface area contributed by atoms with Gasteiger partial charge in [-0.3, -0.25) is 0 Å². The normalized spacial score (nSPS) is 16.2. The fourth-order valence-electron chi connectivity index (χ4n) is 4.85. The smallest absolute Gasteiger partial charge is 0.120 e. The maximum atomic E-state index is 7.28. The molecule has 3 aromatic rings. The molecule has 1 aliphatic rings. The Morgan fingerprint density at radius 3 is 1.77 bits per heavy atom. The molecule has 0 amide bonds. The minimum absolute atomic E-state index is 0.344. The van der Waals surface area contributed by atoms with Crippen LogP contribution < -0.4 is 5.73 Å². The largest absolute Gasteiger partial charge is 0.366 e. The molecule has 1 aliphatic carbocycles. The van der Waals surface area contributed by atoms with Crippen molar-refractivity contribution in [2.75, 3.05) is 6.61 Å². The maximum Gasteiger partial charge on any atom is 0.120 e. The zero-order valence-electron chi connectivity index (χ0n) is 18.0. The number of nitrogens with two attached hydrogens (primary N) is 1. The Balaban J connectivity index is 1.78. The molecule has 0 spiro atoms. The molecule has 2 N–H and O–H groups in total. The zero-order valence-corrected chi connectivity index (χ0v) is 18.0. The molecule has 0 aromatic heterocycles. The van der Waals surface area contributed by atoms with Crippen LogP contribution in [-0.2, 0) is 16.8 Å². The fraction of sp³-hybridized carbons (Fsp3) is 0.357. The van der Waals surface area contributed by atoms with Crippen LogP contribution >= 0.6 is 0 Å². The molecule has 4 rings (SSSR count). The van der Waals surface area contributed by atoms with E-state index in [9.17, 15) is 0 Å². The van der Waals surface area contributed by atoms with Crippen molar-refractivity contribution in [3.8, 4) is 0 Å². The van der Waals surface area contributed by atoms with Gasteiger partial charge in [-0.1, -0.05) is 104 Å². The van der Waals surface area contributed by atoms with Crippen molar-refractivity contribution in [1.29, 1.82) is 0 Å². The lowest BCUT2D eigenvalue weighted by molar-refractivity contribution is -0.0349. The minimum atomic E-state index is -0.560. The van der Waals surface area contributed by atoms with E-state index in [1.54, 1.807) is 0 Å². The summed E-state index contributed by atoms with van der Waals surface area (Å²) in [7, 11) is 0. The number of rotatable bonds is 10. The van der Waals surface area contributed by atoms with E-state index < -0.39 is 5.60 Å². The van der Waals surface area contributed by atoms with Crippen molar-refractivity contribution in [2.45, 2.75) is 50.2 Å². The first-order valence-corrected chi connectivity index (χ1v) is 11.2. The van der Waals surface area contributed by atoms with E-state index in [1.165, 1.54) is 29.5 Å². The van der Waals surface area contributed by atoms with Crippen LogP contribution in [0.5, 0.6) is 0 Å². The molecule has 0 bridgehead atoms. The first-order valence-electron chi connectivity index (χ1n) is 11.2. The fourth-order valence-corrected chi connectivity index (χ4v) is 4.85. The van der Waals surface area contributed by atoms with Gasteiger partial charge in [0.1, 0.15) is 5.60 Å². The standard InChI is InChI=1S/C28H33NO/c1-2-30-28(25-14-8-4-9-15-25,26-16-10-5-11-17-26)22-27(29,21-24-18-19-24)20-23-12-6-3-7-13-23/h3-17,24H,2,18-22,29H2,1H3. The molecule has 0 saturated heterocycles. The molecule has 0 heterocycles. The number of benzene rings is 3. The monoisotopic (exact) mass is 399 g/mol. The molecule has 0 radical (unpaired) electrons. The molecular weight excluding hydrogens is 366 g/mol. The van der Waals surface area contributed by atoms with Crippen molar-refractivity contribution in [2.24, 2.45) is 11.7 Å². The second-order valence-electron chi connectivity index (χ2n) is 8.84. The van der Waals surface area contributed by atoms with E-state index in [-0.39, 0.29) is 5.54 Å². The van der Waals surface area contributed by atoms with Gasteiger partial charge in [0.05, 0.1) is 0 Å². The van der Waals surface area contributed by atoms with E-state index in [4.69, 9.17) is 10.5 Å². The molecule has 156 valence electrons. The van der Waals surface area contributed by atoms with Gasteiger partial charge in [-0.2, -0.15) is 0 Å². The van der Waals surface area contributed by atoms with Gasteiger partial charge in [-0.05, 0) is 42.4 Å². The van der Waals surface area contributed by atoms with Crippen LogP contribution in [0.15, 0.2) is 91.0 Å². The molecule has 2 heteroatoms. The molecule has 1 unspecified atom stereocenters. The third-order valence-corrected chi connectivity index (χ3v) is 6.26. The second-order valence-corrected chi connectivity index (χ2v) is 8.84. The number of ether oxygens (including phenoxy) is 1. The lowest BCUT2D eigenvalue weighted by atomic mass is 9.72. The second kappa shape index (κ2) is 9.16. The van der Waals surface area contributed by atoms with Crippen molar-refractivity contribution in [1.82, 2.24) is 0 Å². The highest BCUT2D eigenvalue weighted by Gasteiger charge is 2.44. The van der Waals surface area contributed by atoms with Crippen molar-refractivity contribution in [3.63, 3.8) is 0 Å². The Kier molecular flexibility index (Phi) is 6.36. The Hall–Kier alpha value is -2.42. The van der Waals surface area contributed by atoms with Crippen LogP contribution in [0.25, 0.3) is 0 Å². The van der Waals surface area contributed by atoms with E-state index in [0.717, 1.165) is 25.2 Å². The summed E-state index contributed by atoms with van der Waals surface area (Å²) in [5, 5.41) is 0. The average molecular weight is 400 g/mol. The summed E-state index contributed by atoms with van der Waals surface area (Å²) in [6.45, 7) is 2.71. The van der Waals surface area contributed by atoms with E-state index in [2.05, 4.69) is 97.9 Å². The van der Waals surface area contributed by atoms with E-state index in [0.29, 0.717) is 6.61 Å². The third kappa shape index (κ3) is 4.83.